The predicted molar refractivity (Wildman–Crippen MR) is 154 cm³/mol. The molecule has 3 aliphatic rings. The zero-order valence-electron chi connectivity index (χ0n) is 23.8. The van der Waals surface area contributed by atoms with Crippen LogP contribution in [0, 0.1) is 11.3 Å². The molecule has 1 aliphatic heterocycles. The molecule has 2 aliphatic carbocycles. The third kappa shape index (κ3) is 5.77. The Morgan fingerprint density at radius 1 is 1.10 bits per heavy atom. The molecule has 0 spiro atoms. The number of carbonyl (C=O) groups is 2. The number of aliphatic hydroxyl groups is 1. The maximum atomic E-state index is 14.4. The Morgan fingerprint density at radius 3 is 2.33 bits per heavy atom. The van der Waals surface area contributed by atoms with Crippen LogP contribution in [0.3, 0.4) is 0 Å². The summed E-state index contributed by atoms with van der Waals surface area (Å²) in [5.74, 6) is 0.611. The highest BCUT2D eigenvalue weighted by atomic mass is 35.5. The number of aliphatic hydroxyl groups excluding tert-OH is 1. The Morgan fingerprint density at radius 2 is 1.75 bits per heavy atom. The molecule has 216 valence electrons. The number of hydrogen-bond acceptors (Lipinski definition) is 6. The van der Waals surface area contributed by atoms with Gasteiger partial charge in [-0.05, 0) is 54.2 Å². The SMILES string of the molecule is CC1C[C@H](O)c2ncnc(N3CCN(C(=O)C(c4ccc(Cl)cc4)[C@H](N(CC4CC4)C(=O)O)C(C)(C)C)CC3)c21. The van der Waals surface area contributed by atoms with Gasteiger partial charge in [0.2, 0.25) is 5.91 Å². The summed E-state index contributed by atoms with van der Waals surface area (Å²) in [7, 11) is 0. The van der Waals surface area contributed by atoms with E-state index in [9.17, 15) is 19.8 Å². The van der Waals surface area contributed by atoms with Crippen molar-refractivity contribution in [2.24, 2.45) is 11.3 Å². The highest BCUT2D eigenvalue weighted by molar-refractivity contribution is 6.30. The van der Waals surface area contributed by atoms with E-state index in [0.29, 0.717) is 55.8 Å². The number of hydrogen-bond donors (Lipinski definition) is 2. The summed E-state index contributed by atoms with van der Waals surface area (Å²) in [6, 6.07) is 6.70. The van der Waals surface area contributed by atoms with Gasteiger partial charge in [-0.3, -0.25) is 4.79 Å². The average molecular weight is 570 g/mol. The minimum atomic E-state index is -0.989. The lowest BCUT2D eigenvalue weighted by atomic mass is 9.74. The van der Waals surface area contributed by atoms with Gasteiger partial charge in [0.05, 0.1) is 23.8 Å². The molecule has 2 unspecified atom stereocenters. The second-order valence-electron chi connectivity index (χ2n) is 12.7. The molecule has 1 aromatic carbocycles. The first-order valence-electron chi connectivity index (χ1n) is 14.3. The van der Waals surface area contributed by atoms with Crippen molar-refractivity contribution in [2.45, 2.75) is 70.9 Å². The Bertz CT molecular complexity index is 1240. The molecule has 4 atom stereocenters. The largest absolute Gasteiger partial charge is 0.465 e. The second-order valence-corrected chi connectivity index (χ2v) is 13.1. The molecule has 0 bridgehead atoms. The summed E-state index contributed by atoms with van der Waals surface area (Å²) in [5, 5.41) is 21.3. The molecule has 0 radical (unpaired) electrons. The van der Waals surface area contributed by atoms with Crippen LogP contribution < -0.4 is 4.90 Å². The van der Waals surface area contributed by atoms with Gasteiger partial charge in [0, 0.05) is 43.3 Å². The first kappa shape index (κ1) is 28.6. The van der Waals surface area contributed by atoms with Crippen LogP contribution in [0.4, 0.5) is 10.6 Å². The summed E-state index contributed by atoms with van der Waals surface area (Å²) in [4.78, 5) is 41.5. The van der Waals surface area contributed by atoms with Crippen molar-refractivity contribution < 1.29 is 19.8 Å². The lowest BCUT2D eigenvalue weighted by Crippen LogP contribution is -2.57. The Kier molecular flexibility index (Phi) is 7.99. The molecular weight excluding hydrogens is 530 g/mol. The van der Waals surface area contributed by atoms with Crippen LogP contribution in [0.1, 0.15) is 81.7 Å². The zero-order chi connectivity index (χ0) is 28.8. The van der Waals surface area contributed by atoms with E-state index >= 15 is 0 Å². The van der Waals surface area contributed by atoms with Gasteiger partial charge in [-0.25, -0.2) is 14.8 Å². The Labute approximate surface area is 241 Å². The van der Waals surface area contributed by atoms with Gasteiger partial charge in [-0.1, -0.05) is 51.4 Å². The van der Waals surface area contributed by atoms with Crippen molar-refractivity contribution in [3.05, 3.63) is 52.4 Å². The van der Waals surface area contributed by atoms with Gasteiger partial charge in [-0.15, -0.1) is 0 Å². The molecule has 40 heavy (non-hydrogen) atoms. The minimum absolute atomic E-state index is 0.0688. The minimum Gasteiger partial charge on any atom is -0.465 e. The Hall–Kier alpha value is -2.91. The van der Waals surface area contributed by atoms with Crippen molar-refractivity contribution in [3.63, 3.8) is 0 Å². The first-order chi connectivity index (χ1) is 19.0. The van der Waals surface area contributed by atoms with Crippen LogP contribution in [-0.4, -0.2) is 80.7 Å². The Balaban J connectivity index is 1.43. The van der Waals surface area contributed by atoms with Gasteiger partial charge in [0.25, 0.3) is 0 Å². The number of rotatable bonds is 7. The number of carboxylic acid groups (broad SMARTS) is 1. The summed E-state index contributed by atoms with van der Waals surface area (Å²) in [6.45, 7) is 10.7. The molecule has 2 N–H and O–H groups in total. The molecule has 2 amide bonds. The van der Waals surface area contributed by atoms with Crippen LogP contribution in [0.5, 0.6) is 0 Å². The van der Waals surface area contributed by atoms with Crippen LogP contribution in [0.2, 0.25) is 5.02 Å². The highest BCUT2D eigenvalue weighted by Gasteiger charge is 2.46. The van der Waals surface area contributed by atoms with Crippen LogP contribution >= 0.6 is 11.6 Å². The molecule has 2 heterocycles. The fourth-order valence-electron chi connectivity index (χ4n) is 6.46. The van der Waals surface area contributed by atoms with Crippen molar-refractivity contribution in [1.82, 2.24) is 19.8 Å². The lowest BCUT2D eigenvalue weighted by molar-refractivity contribution is -0.136. The second kappa shape index (κ2) is 11.2. The van der Waals surface area contributed by atoms with Crippen LogP contribution in [0.25, 0.3) is 0 Å². The van der Waals surface area contributed by atoms with Gasteiger partial charge >= 0.3 is 6.09 Å². The lowest BCUT2D eigenvalue weighted by Gasteiger charge is -2.45. The van der Waals surface area contributed by atoms with Crippen molar-refractivity contribution >= 4 is 29.4 Å². The van der Waals surface area contributed by atoms with E-state index in [1.807, 2.05) is 37.8 Å². The molecule has 2 aromatic rings. The quantitative estimate of drug-likeness (QED) is 0.487. The molecular formula is C30H40ClN5O4. The van der Waals surface area contributed by atoms with Gasteiger partial charge in [-0.2, -0.15) is 0 Å². The average Bonchev–Trinajstić information content (AvgIpc) is 3.69. The van der Waals surface area contributed by atoms with E-state index in [2.05, 4.69) is 21.8 Å². The van der Waals surface area contributed by atoms with Crippen molar-refractivity contribution in [2.75, 3.05) is 37.6 Å². The number of piperazine rings is 1. The molecule has 10 heteroatoms. The van der Waals surface area contributed by atoms with E-state index in [1.165, 1.54) is 11.2 Å². The fraction of sp³-hybridized carbons (Fsp3) is 0.600. The molecule has 9 nitrogen and oxygen atoms in total. The summed E-state index contributed by atoms with van der Waals surface area (Å²) < 4.78 is 0. The standard InChI is InChI=1S/C30H40ClN5O4/c1-18-15-22(37)25-23(18)27(33-17-32-25)34-11-13-35(14-12-34)28(38)24(20-7-9-21(31)10-8-20)26(30(2,3)4)36(29(39)40)16-19-5-6-19/h7-10,17-19,22,24,26,37H,5-6,11-16H2,1-4H3,(H,39,40)/t18?,22-,24?,26-/m0/s1. The number of carbonyl (C=O) groups excluding carboxylic acids is 1. The number of nitrogens with zero attached hydrogens (tertiary/aromatic N) is 5. The predicted octanol–water partition coefficient (Wildman–Crippen LogP) is 4.91. The van der Waals surface area contributed by atoms with Gasteiger partial charge in [0.1, 0.15) is 12.1 Å². The van der Waals surface area contributed by atoms with Crippen LogP contribution in [0.15, 0.2) is 30.6 Å². The van der Waals surface area contributed by atoms with E-state index in [-0.39, 0.29) is 11.8 Å². The van der Waals surface area contributed by atoms with Crippen LogP contribution in [-0.2, 0) is 4.79 Å². The summed E-state index contributed by atoms with van der Waals surface area (Å²) >= 11 is 6.21. The topological polar surface area (TPSA) is 110 Å². The molecule has 2 fully saturated rings. The first-order valence-corrected chi connectivity index (χ1v) is 14.6. The van der Waals surface area contributed by atoms with Gasteiger partial charge in [0.15, 0.2) is 0 Å². The molecule has 1 saturated heterocycles. The smallest absolute Gasteiger partial charge is 0.407 e. The monoisotopic (exact) mass is 569 g/mol. The number of benzene rings is 1. The maximum absolute atomic E-state index is 14.4. The number of aromatic nitrogens is 2. The van der Waals surface area contributed by atoms with E-state index in [1.54, 1.807) is 12.1 Å². The van der Waals surface area contributed by atoms with Crippen molar-refractivity contribution in [1.29, 1.82) is 0 Å². The van der Waals surface area contributed by atoms with Gasteiger partial charge < -0.3 is 24.9 Å². The van der Waals surface area contributed by atoms with E-state index in [0.717, 1.165) is 29.8 Å². The summed E-state index contributed by atoms with van der Waals surface area (Å²) in [5.41, 5.74) is 1.98. The maximum Gasteiger partial charge on any atom is 0.407 e. The number of fused-ring (bicyclic) bond motifs is 1. The fourth-order valence-corrected chi connectivity index (χ4v) is 6.58. The van der Waals surface area contributed by atoms with Crippen molar-refractivity contribution in [3.8, 4) is 0 Å². The molecule has 1 saturated carbocycles. The third-order valence-corrected chi connectivity index (χ3v) is 8.85. The zero-order valence-corrected chi connectivity index (χ0v) is 24.5. The summed E-state index contributed by atoms with van der Waals surface area (Å²) in [6.07, 6.45) is 2.62. The van der Waals surface area contributed by atoms with E-state index in [4.69, 9.17) is 11.6 Å². The highest BCUT2D eigenvalue weighted by Crippen LogP contribution is 2.43. The van der Waals surface area contributed by atoms with E-state index < -0.39 is 29.6 Å². The number of halogens is 1. The molecule has 1 aromatic heterocycles. The number of amides is 2. The number of anilines is 1. The normalized spacial score (nSPS) is 22.6. The third-order valence-electron chi connectivity index (χ3n) is 8.60. The molecule has 5 rings (SSSR count).